The molecule has 0 spiro atoms. The Morgan fingerprint density at radius 1 is 0.259 bits per heavy atom. The van der Waals surface area contributed by atoms with Gasteiger partial charge in [0.2, 0.25) is 59.1 Å². The largest absolute Gasteiger partial charge is 0.462 e. The van der Waals surface area contributed by atoms with Crippen LogP contribution in [0.5, 0.6) is 0 Å². The number of hydrogen-bond acceptors (Lipinski definition) is 30. The molecule has 10 N–H and O–H groups in total. The number of esters is 10. The van der Waals surface area contributed by atoms with Crippen molar-refractivity contribution in [3.8, 4) is 0 Å². The van der Waals surface area contributed by atoms with Crippen LogP contribution in [0.15, 0.2) is 251 Å². The Kier molecular flexibility index (Phi) is 93.3. The molecule has 0 aliphatic heterocycles. The molecule has 0 aliphatic carbocycles. The van der Waals surface area contributed by atoms with Crippen LogP contribution in [0.4, 0.5) is 0 Å². The van der Waals surface area contributed by atoms with Gasteiger partial charge in [-0.1, -0.05) is 145 Å². The van der Waals surface area contributed by atoms with Crippen LogP contribution in [-0.4, -0.2) is 234 Å². The minimum Gasteiger partial charge on any atom is -0.462 e. The van der Waals surface area contributed by atoms with Crippen molar-refractivity contribution in [3.05, 3.63) is 251 Å². The number of rotatable bonds is 52. The van der Waals surface area contributed by atoms with Crippen molar-refractivity contribution in [1.82, 2.24) is 53.2 Å². The molecular formula is C95H140N10O30. The minimum absolute atomic E-state index is 0.0947. The smallest absolute Gasteiger partial charge is 0.334 e. The Hall–Kier alpha value is -15.8. The van der Waals surface area contributed by atoms with Gasteiger partial charge in [-0.05, 0) is 162 Å². The number of carbonyl (C=O) groups is 20. The van der Waals surface area contributed by atoms with Crippen molar-refractivity contribution in [2.45, 2.75) is 126 Å². The van der Waals surface area contributed by atoms with Gasteiger partial charge in [-0.25, -0.2) is 47.9 Å². The average Bonchev–Trinajstić information content (AvgIpc) is 0.904. The van der Waals surface area contributed by atoms with E-state index in [1.807, 2.05) is 13.8 Å². The van der Waals surface area contributed by atoms with Gasteiger partial charge in [-0.3, -0.25) is 47.9 Å². The fraction of sp³-hybridized carbons (Fsp3) is 0.368. The predicted octanol–water partition coefficient (Wildman–Crippen LogP) is 6.43. The second kappa shape index (κ2) is 90.2. The normalized spacial score (nSPS) is 10.0. The molecule has 750 valence electrons. The molecule has 4 atom stereocenters. The van der Waals surface area contributed by atoms with Crippen LogP contribution >= 0.6 is 0 Å². The molecule has 40 nitrogen and oxygen atoms in total. The van der Waals surface area contributed by atoms with Crippen molar-refractivity contribution in [3.63, 3.8) is 0 Å². The van der Waals surface area contributed by atoms with E-state index in [-0.39, 0.29) is 155 Å². The van der Waals surface area contributed by atoms with Crippen LogP contribution < -0.4 is 53.2 Å². The third-order valence-corrected chi connectivity index (χ3v) is 13.3. The van der Waals surface area contributed by atoms with E-state index in [2.05, 4.69) is 199 Å². The summed E-state index contributed by atoms with van der Waals surface area (Å²) in [5.41, 5.74) is 0.484. The molecule has 0 saturated heterocycles. The molecule has 0 heterocycles. The van der Waals surface area contributed by atoms with Crippen LogP contribution in [-0.2, 0) is 143 Å². The van der Waals surface area contributed by atoms with Gasteiger partial charge in [-0.15, -0.1) is 0 Å². The van der Waals surface area contributed by atoms with Crippen molar-refractivity contribution >= 4 is 119 Å². The summed E-state index contributed by atoms with van der Waals surface area (Å²) in [5, 5.41) is 25.0. The van der Waals surface area contributed by atoms with Gasteiger partial charge < -0.3 is 101 Å². The Morgan fingerprint density at radius 2 is 0.511 bits per heavy atom. The lowest BCUT2D eigenvalue weighted by molar-refractivity contribution is -0.144. The Labute approximate surface area is 792 Å². The number of ether oxygens (including phenoxy) is 10. The van der Waals surface area contributed by atoms with E-state index in [9.17, 15) is 95.9 Å². The second-order valence-electron chi connectivity index (χ2n) is 27.6. The topological polar surface area (TPSA) is 554 Å². The van der Waals surface area contributed by atoms with Crippen molar-refractivity contribution < 1.29 is 143 Å². The number of carbonyl (C=O) groups excluding carboxylic acids is 20. The lowest BCUT2D eigenvalue weighted by atomic mass is 10.1. The summed E-state index contributed by atoms with van der Waals surface area (Å²) >= 11 is 0. The highest BCUT2D eigenvalue weighted by Crippen LogP contribution is 2.08. The molecule has 0 fully saturated rings. The third-order valence-electron chi connectivity index (χ3n) is 13.3. The van der Waals surface area contributed by atoms with E-state index >= 15 is 0 Å². The summed E-state index contributed by atoms with van der Waals surface area (Å²) in [7, 11) is 0. The average molecular weight is 1900 g/mol. The molecule has 0 aromatic carbocycles. The molecule has 10 amide bonds. The van der Waals surface area contributed by atoms with E-state index < -0.39 is 64.8 Å². The highest BCUT2D eigenvalue weighted by atomic mass is 16.6. The fourth-order valence-electron chi connectivity index (χ4n) is 6.23. The maximum absolute atomic E-state index is 11.1. The van der Waals surface area contributed by atoms with Gasteiger partial charge >= 0.3 is 59.7 Å². The summed E-state index contributed by atoms with van der Waals surface area (Å²) in [6, 6.07) is 0. The van der Waals surface area contributed by atoms with Gasteiger partial charge in [0.25, 0.3) is 0 Å². The molecule has 4 unspecified atom stereocenters. The zero-order chi connectivity index (χ0) is 107. The van der Waals surface area contributed by atoms with E-state index in [1.165, 1.54) is 25.2 Å². The van der Waals surface area contributed by atoms with Crippen LogP contribution in [0.1, 0.15) is 103 Å². The first kappa shape index (κ1) is 140. The summed E-state index contributed by atoms with van der Waals surface area (Å²) in [5.74, 6) is -7.26. The van der Waals surface area contributed by atoms with Crippen LogP contribution in [0.3, 0.4) is 0 Å². The van der Waals surface area contributed by atoms with Crippen LogP contribution in [0, 0.1) is 11.8 Å². The number of nitrogens with one attached hydrogen (secondary N) is 10. The lowest BCUT2D eigenvalue weighted by Crippen LogP contribution is -2.46. The highest BCUT2D eigenvalue weighted by molar-refractivity contribution is 5.93. The van der Waals surface area contributed by atoms with Gasteiger partial charge in [0.05, 0.1) is 50.5 Å². The van der Waals surface area contributed by atoms with E-state index in [0.29, 0.717) is 54.2 Å². The molecule has 0 rings (SSSR count). The third kappa shape index (κ3) is 107. The Balaban J connectivity index is -0.000000161. The summed E-state index contributed by atoms with van der Waals surface area (Å²) in [6.45, 7) is 91.3. The molecule has 0 aromatic heterocycles. The Bertz CT molecular complexity index is 4050. The van der Waals surface area contributed by atoms with Crippen molar-refractivity contribution in [2.24, 2.45) is 11.8 Å². The molecule has 0 aromatic rings. The first-order valence-corrected chi connectivity index (χ1v) is 40.2. The van der Waals surface area contributed by atoms with Crippen LogP contribution in [0.2, 0.25) is 0 Å². The lowest BCUT2D eigenvalue weighted by Gasteiger charge is -2.24. The monoisotopic (exact) mass is 1900 g/mol. The zero-order valence-electron chi connectivity index (χ0n) is 80.2. The van der Waals surface area contributed by atoms with Gasteiger partial charge in [-0.2, -0.15) is 0 Å². The summed E-state index contributed by atoms with van der Waals surface area (Å²) in [4.78, 5) is 215. The maximum Gasteiger partial charge on any atom is 0.334 e. The van der Waals surface area contributed by atoms with E-state index in [0.717, 1.165) is 85.8 Å². The molecule has 40 heteroatoms. The van der Waals surface area contributed by atoms with Gasteiger partial charge in [0, 0.05) is 71.3 Å². The molecule has 135 heavy (non-hydrogen) atoms. The standard InChI is InChI=1S/C12H19NO3.2C11H17NO3.2C10H15NO3.2C9H13NO3.2C8H11NO3.C7H9NO3/c1-5-11(14)13-7-6-10(4)8-16-12(15)9(2)3;1-6-9(13)12-11(4,5)7-15-10(14)8(2)3;1-4-10(13)12-7-6-9(3)8-15-11(14)5-2;1-5-9(12)11-6-8(4)14-10(13)7(2)3;1-5-8(12)11-10(3,4)7-14-9(13)6-2;1-4-8(11)10-5-6-13-9(12)7(2)3;1-4-8(11)10-6-7(3)13-9(12)5-2;1-4-7(10)9-5-12-8(11)6(2)3;1-3-7(10)9-5-6-12-8(11)4-2;1-3-6(9)8-5-11-7(10)4-2/h5,10H,1-2,6-8H2,3-4H3,(H,13,14);6H,1-2,7H2,3-5H3,(H,12,13);4-5,9H,1-2,6-8H2,3H3,(H,12,13);5,8H,1-2,6H2,3-4H3,(H,11,12);5-6H,1-2,7H2,3-4H3,(H,11,12);4H,1-2,5-6H2,3H3,(H,10,11);4-5,7H,1-2,6H2,3H3,(H,10,11);4H,1-2,5H2,3H3,(H,9,10);3-4H,1-2,5-6H2,(H,9,10);3-4H,1-2,5H2,(H,8,9). The molecule has 0 radical (unpaired) electrons. The first-order chi connectivity index (χ1) is 62.9. The molecule has 0 aliphatic rings. The SMILES string of the molecule is C=CC(=O)NC(C)(C)COC(=O)C(=C)C.C=CC(=O)NC(C)(C)COC(=O)C=C.C=CC(=O)NCC(C)OC(=O)C(=C)C.C=CC(=O)NCC(C)OC(=O)C=C.C=CC(=O)NCCC(C)COC(=O)C(=C)C.C=CC(=O)NCCC(C)COC(=O)C=C.C=CC(=O)NCCOC(=O)C(=C)C.C=CC(=O)NCCOC(=O)C=C.C=CC(=O)NCOC(=O)C(=C)C.C=CC(=O)NCOC(=O)C=C. The first-order valence-electron chi connectivity index (χ1n) is 40.2. The fourth-order valence-corrected chi connectivity index (χ4v) is 6.23. The van der Waals surface area contributed by atoms with E-state index in [1.54, 1.807) is 69.2 Å². The van der Waals surface area contributed by atoms with Crippen molar-refractivity contribution in [2.75, 3.05) is 92.4 Å². The molecular weight excluding hydrogens is 1760 g/mol. The minimum atomic E-state index is -0.615. The van der Waals surface area contributed by atoms with Gasteiger partial charge in [0.15, 0.2) is 13.5 Å². The number of amides is 10. The van der Waals surface area contributed by atoms with Crippen molar-refractivity contribution in [1.29, 1.82) is 0 Å². The molecule has 0 bridgehead atoms. The summed E-state index contributed by atoms with van der Waals surface area (Å²) in [6.07, 6.45) is 17.7. The van der Waals surface area contributed by atoms with Gasteiger partial charge in [0.1, 0.15) is 38.6 Å². The van der Waals surface area contributed by atoms with E-state index in [4.69, 9.17) is 33.2 Å². The quantitative estimate of drug-likeness (QED) is 0.0103. The molecule has 0 saturated carbocycles. The maximum atomic E-state index is 11.1. The number of hydrogen-bond donors (Lipinski definition) is 10. The second-order valence-corrected chi connectivity index (χ2v) is 27.6. The zero-order valence-corrected chi connectivity index (χ0v) is 80.2. The Morgan fingerprint density at radius 3 is 0.844 bits per heavy atom. The van der Waals surface area contributed by atoms with Crippen LogP contribution in [0.25, 0.3) is 0 Å². The predicted molar refractivity (Wildman–Crippen MR) is 512 cm³/mol. The highest BCUT2D eigenvalue weighted by Gasteiger charge is 2.23. The summed E-state index contributed by atoms with van der Waals surface area (Å²) < 4.78 is 47.5.